The molecule has 1 N–H and O–H groups in total. The molecule has 4 heteroatoms. The van der Waals surface area contributed by atoms with Crippen LogP contribution in [0.25, 0.3) is 0 Å². The van der Waals surface area contributed by atoms with Crippen LogP contribution in [-0.2, 0) is 6.54 Å². The Morgan fingerprint density at radius 1 is 1.29 bits per heavy atom. The number of hydrogen-bond acceptors (Lipinski definition) is 3. The maximum absolute atomic E-state index is 6.05. The van der Waals surface area contributed by atoms with Crippen molar-refractivity contribution in [2.24, 2.45) is 5.10 Å². The van der Waals surface area contributed by atoms with Gasteiger partial charge in [0.2, 0.25) is 0 Å². The summed E-state index contributed by atoms with van der Waals surface area (Å²) in [5, 5.41) is 7.13. The molecule has 0 spiro atoms. The summed E-state index contributed by atoms with van der Waals surface area (Å²) < 4.78 is 0. The van der Waals surface area contributed by atoms with Crippen molar-refractivity contribution in [3.63, 3.8) is 0 Å². The van der Waals surface area contributed by atoms with E-state index < -0.39 is 0 Å². The average Bonchev–Trinajstić information content (AvgIpc) is 2.85. The van der Waals surface area contributed by atoms with E-state index in [9.17, 15) is 0 Å². The molecule has 88 valence electrons. The smallest absolute Gasteiger partial charge is 0.0743 e. The minimum atomic E-state index is 0.641. The fourth-order valence-corrected chi connectivity index (χ4v) is 2.30. The first kappa shape index (κ1) is 12.1. The summed E-state index contributed by atoms with van der Waals surface area (Å²) in [6.45, 7) is 2.63. The number of benzene rings is 1. The molecule has 0 amide bonds. The van der Waals surface area contributed by atoms with Crippen molar-refractivity contribution in [3.05, 3.63) is 57.2 Å². The van der Waals surface area contributed by atoms with E-state index in [1.54, 1.807) is 11.3 Å². The molecular weight excluding hydrogens is 252 g/mol. The molecule has 0 bridgehead atoms. The van der Waals surface area contributed by atoms with Crippen molar-refractivity contribution >= 4 is 28.6 Å². The molecule has 1 aromatic heterocycles. The van der Waals surface area contributed by atoms with E-state index in [1.807, 2.05) is 42.6 Å². The summed E-state index contributed by atoms with van der Waals surface area (Å²) in [6, 6.07) is 11.8. The van der Waals surface area contributed by atoms with E-state index in [2.05, 4.69) is 16.6 Å². The minimum absolute atomic E-state index is 0.641. The lowest BCUT2D eigenvalue weighted by Gasteiger charge is -2.04. The first-order valence-electron chi connectivity index (χ1n) is 5.32. The summed E-state index contributed by atoms with van der Waals surface area (Å²) in [4.78, 5) is 1.18. The van der Waals surface area contributed by atoms with E-state index in [0.717, 1.165) is 16.3 Å². The number of thiophene rings is 1. The van der Waals surface area contributed by atoms with Crippen LogP contribution in [0.4, 0.5) is 0 Å². The lowest BCUT2D eigenvalue weighted by Crippen LogP contribution is -2.08. The SMILES string of the molecule is C/C(=N/NCc1ccccc1Cl)c1cccs1. The van der Waals surface area contributed by atoms with Crippen LogP contribution in [0.1, 0.15) is 17.4 Å². The highest BCUT2D eigenvalue weighted by Crippen LogP contribution is 2.14. The van der Waals surface area contributed by atoms with Crippen LogP contribution >= 0.6 is 22.9 Å². The van der Waals surface area contributed by atoms with Gasteiger partial charge in [-0.3, -0.25) is 0 Å². The van der Waals surface area contributed by atoms with E-state index in [-0.39, 0.29) is 0 Å². The van der Waals surface area contributed by atoms with Gasteiger partial charge in [0.25, 0.3) is 0 Å². The van der Waals surface area contributed by atoms with Crippen molar-refractivity contribution in [1.29, 1.82) is 0 Å². The van der Waals surface area contributed by atoms with Crippen LogP contribution in [0.5, 0.6) is 0 Å². The molecule has 2 rings (SSSR count). The van der Waals surface area contributed by atoms with E-state index >= 15 is 0 Å². The molecule has 0 saturated carbocycles. The maximum atomic E-state index is 6.05. The highest BCUT2D eigenvalue weighted by Gasteiger charge is 1.99. The van der Waals surface area contributed by atoms with Gasteiger partial charge in [-0.2, -0.15) is 5.10 Å². The second-order valence-corrected chi connectivity index (χ2v) is 4.96. The van der Waals surface area contributed by atoms with Crippen molar-refractivity contribution < 1.29 is 0 Å². The van der Waals surface area contributed by atoms with E-state index in [0.29, 0.717) is 6.54 Å². The molecule has 0 aliphatic heterocycles. The van der Waals surface area contributed by atoms with Crippen molar-refractivity contribution in [2.45, 2.75) is 13.5 Å². The molecule has 0 aliphatic carbocycles. The van der Waals surface area contributed by atoms with Crippen molar-refractivity contribution in [3.8, 4) is 0 Å². The fourth-order valence-electron chi connectivity index (χ4n) is 1.42. The van der Waals surface area contributed by atoms with Gasteiger partial charge in [0.05, 0.1) is 12.3 Å². The van der Waals surface area contributed by atoms with Crippen LogP contribution in [0.15, 0.2) is 46.9 Å². The van der Waals surface area contributed by atoms with Crippen LogP contribution in [0.2, 0.25) is 5.02 Å². The predicted molar refractivity (Wildman–Crippen MR) is 74.8 cm³/mol. The number of hydrazone groups is 1. The fraction of sp³-hybridized carbons (Fsp3) is 0.154. The molecule has 0 unspecified atom stereocenters. The van der Waals surface area contributed by atoms with Crippen molar-refractivity contribution in [2.75, 3.05) is 0 Å². The third kappa shape index (κ3) is 3.32. The Balaban J connectivity index is 1.96. The Hall–Kier alpha value is -1.32. The summed E-state index contributed by atoms with van der Waals surface area (Å²) in [5.41, 5.74) is 5.09. The highest BCUT2D eigenvalue weighted by atomic mass is 35.5. The number of rotatable bonds is 4. The zero-order chi connectivity index (χ0) is 12.1. The molecule has 0 aliphatic rings. The Labute approximate surface area is 110 Å². The molecule has 17 heavy (non-hydrogen) atoms. The summed E-state index contributed by atoms with van der Waals surface area (Å²) in [5.74, 6) is 0. The van der Waals surface area contributed by atoms with Crippen LogP contribution in [-0.4, -0.2) is 5.71 Å². The molecule has 2 aromatic rings. The van der Waals surface area contributed by atoms with Gasteiger partial charge in [-0.05, 0) is 30.0 Å². The zero-order valence-electron chi connectivity index (χ0n) is 9.48. The topological polar surface area (TPSA) is 24.4 Å². The largest absolute Gasteiger partial charge is 0.305 e. The monoisotopic (exact) mass is 264 g/mol. The quantitative estimate of drug-likeness (QED) is 0.657. The zero-order valence-corrected chi connectivity index (χ0v) is 11.1. The third-order valence-electron chi connectivity index (χ3n) is 2.35. The minimum Gasteiger partial charge on any atom is -0.305 e. The van der Waals surface area contributed by atoms with Crippen molar-refractivity contribution in [1.82, 2.24) is 5.43 Å². The van der Waals surface area contributed by atoms with Crippen LogP contribution in [0, 0.1) is 0 Å². The molecule has 0 atom stereocenters. The first-order valence-corrected chi connectivity index (χ1v) is 6.57. The Kier molecular flexibility index (Phi) is 4.18. The van der Waals surface area contributed by atoms with Gasteiger partial charge >= 0.3 is 0 Å². The summed E-state index contributed by atoms with van der Waals surface area (Å²) >= 11 is 7.74. The molecule has 0 saturated heterocycles. The standard InChI is InChI=1S/C13H13ClN2S/c1-10(13-7-4-8-17-13)16-15-9-11-5-2-3-6-12(11)14/h2-8,15H,9H2,1H3/b16-10-. The lowest BCUT2D eigenvalue weighted by molar-refractivity contribution is 0.744. The Morgan fingerprint density at radius 2 is 2.12 bits per heavy atom. The van der Waals surface area contributed by atoms with Gasteiger partial charge in [-0.25, -0.2) is 0 Å². The van der Waals surface area contributed by atoms with Gasteiger partial charge in [-0.1, -0.05) is 35.9 Å². The van der Waals surface area contributed by atoms with Crippen LogP contribution in [0.3, 0.4) is 0 Å². The normalized spacial score (nSPS) is 11.5. The first-order chi connectivity index (χ1) is 8.27. The molecule has 0 fully saturated rings. The number of hydrogen-bond donors (Lipinski definition) is 1. The maximum Gasteiger partial charge on any atom is 0.0743 e. The third-order valence-corrected chi connectivity index (χ3v) is 3.70. The Morgan fingerprint density at radius 3 is 2.82 bits per heavy atom. The van der Waals surface area contributed by atoms with Gasteiger partial charge in [0.15, 0.2) is 0 Å². The average molecular weight is 265 g/mol. The number of nitrogens with one attached hydrogen (secondary N) is 1. The van der Waals surface area contributed by atoms with Gasteiger partial charge in [0.1, 0.15) is 0 Å². The summed E-state index contributed by atoms with van der Waals surface area (Å²) in [6.07, 6.45) is 0. The number of halogens is 1. The summed E-state index contributed by atoms with van der Waals surface area (Å²) in [7, 11) is 0. The predicted octanol–water partition coefficient (Wildman–Crippen LogP) is 3.92. The molecule has 2 nitrogen and oxygen atoms in total. The van der Waals surface area contributed by atoms with Gasteiger partial charge in [0, 0.05) is 9.90 Å². The second-order valence-electron chi connectivity index (χ2n) is 3.60. The van der Waals surface area contributed by atoms with E-state index in [4.69, 9.17) is 11.6 Å². The molecular formula is C13H13ClN2S. The van der Waals surface area contributed by atoms with E-state index in [1.165, 1.54) is 4.88 Å². The second kappa shape index (κ2) is 5.84. The van der Waals surface area contributed by atoms with Gasteiger partial charge in [-0.15, -0.1) is 11.3 Å². The molecule has 1 heterocycles. The number of nitrogens with zero attached hydrogens (tertiary/aromatic N) is 1. The van der Waals surface area contributed by atoms with Gasteiger partial charge < -0.3 is 5.43 Å². The Bertz CT molecular complexity index is 506. The molecule has 0 radical (unpaired) electrons. The molecule has 1 aromatic carbocycles. The highest BCUT2D eigenvalue weighted by molar-refractivity contribution is 7.12. The van der Waals surface area contributed by atoms with Crippen LogP contribution < -0.4 is 5.43 Å². The lowest BCUT2D eigenvalue weighted by atomic mass is 10.2.